The zero-order valence-corrected chi connectivity index (χ0v) is 12.6. The Morgan fingerprint density at radius 3 is 2.21 bits per heavy atom. The molecule has 0 spiro atoms. The first-order chi connectivity index (χ1) is 9.01. The van der Waals surface area contributed by atoms with Gasteiger partial charge in [-0.3, -0.25) is 0 Å². The Kier molecular flexibility index (Phi) is 4.19. The molecule has 106 valence electrons. The van der Waals surface area contributed by atoms with Crippen molar-refractivity contribution in [2.24, 2.45) is 5.41 Å². The lowest BCUT2D eigenvalue weighted by molar-refractivity contribution is 0.145. The fourth-order valence-corrected chi connectivity index (χ4v) is 3.45. The van der Waals surface area contributed by atoms with Crippen molar-refractivity contribution >= 4 is 15.5 Å². The van der Waals surface area contributed by atoms with Gasteiger partial charge in [-0.2, -0.15) is 0 Å². The lowest BCUT2D eigenvalue weighted by atomic mass is 9.67. The maximum absolute atomic E-state index is 11.7. The number of rotatable bonds is 6. The van der Waals surface area contributed by atoms with Gasteiger partial charge in [0.05, 0.1) is 10.6 Å². The predicted molar refractivity (Wildman–Crippen MR) is 79.2 cm³/mol. The minimum atomic E-state index is -3.08. The molecule has 1 aliphatic rings. The van der Waals surface area contributed by atoms with Gasteiger partial charge in [-0.05, 0) is 48.9 Å². The highest BCUT2D eigenvalue weighted by Gasteiger charge is 2.34. The van der Waals surface area contributed by atoms with Crippen LogP contribution in [0.3, 0.4) is 0 Å². The maximum atomic E-state index is 11.7. The van der Waals surface area contributed by atoms with Gasteiger partial charge in [0.1, 0.15) is 0 Å². The molecule has 1 aromatic carbocycles. The van der Waals surface area contributed by atoms with E-state index in [4.69, 9.17) is 0 Å². The number of hydrogen-bond donors (Lipinski definition) is 1. The molecule has 1 aromatic rings. The van der Waals surface area contributed by atoms with Crippen molar-refractivity contribution < 1.29 is 8.42 Å². The largest absolute Gasteiger partial charge is 0.384 e. The van der Waals surface area contributed by atoms with Crippen LogP contribution in [0.25, 0.3) is 0 Å². The van der Waals surface area contributed by atoms with E-state index in [0.29, 0.717) is 10.3 Å². The molecule has 1 fully saturated rings. The van der Waals surface area contributed by atoms with Crippen molar-refractivity contribution in [1.82, 2.24) is 0 Å². The molecule has 0 radical (unpaired) electrons. The van der Waals surface area contributed by atoms with E-state index in [1.165, 1.54) is 25.7 Å². The van der Waals surface area contributed by atoms with E-state index in [0.717, 1.165) is 12.2 Å². The molecule has 0 saturated heterocycles. The minimum absolute atomic E-state index is 0.152. The van der Waals surface area contributed by atoms with Crippen molar-refractivity contribution in [2.45, 2.75) is 44.4 Å². The fraction of sp³-hybridized carbons (Fsp3) is 0.600. The van der Waals surface area contributed by atoms with E-state index >= 15 is 0 Å². The molecule has 1 saturated carbocycles. The molecule has 0 amide bonds. The van der Waals surface area contributed by atoms with E-state index in [9.17, 15) is 8.42 Å². The zero-order chi connectivity index (χ0) is 13.9. The van der Waals surface area contributed by atoms with Crippen LogP contribution in [0.4, 0.5) is 5.69 Å². The van der Waals surface area contributed by atoms with Gasteiger partial charge >= 0.3 is 0 Å². The van der Waals surface area contributed by atoms with Gasteiger partial charge in [0.2, 0.25) is 0 Å². The van der Waals surface area contributed by atoms with Gasteiger partial charge in [-0.25, -0.2) is 8.42 Å². The molecule has 19 heavy (non-hydrogen) atoms. The Bertz CT molecular complexity index is 510. The Balaban J connectivity index is 1.99. The maximum Gasteiger partial charge on any atom is 0.178 e. The summed E-state index contributed by atoms with van der Waals surface area (Å²) in [4.78, 5) is 0.411. The smallest absolute Gasteiger partial charge is 0.178 e. The number of nitrogens with one attached hydrogen (secondary N) is 1. The van der Waals surface area contributed by atoms with E-state index in [1.807, 2.05) is 12.1 Å². The van der Waals surface area contributed by atoms with Crippen LogP contribution >= 0.6 is 0 Å². The summed E-state index contributed by atoms with van der Waals surface area (Å²) in [5, 5.41) is 3.44. The minimum Gasteiger partial charge on any atom is -0.384 e. The summed E-state index contributed by atoms with van der Waals surface area (Å²) >= 11 is 0. The summed E-state index contributed by atoms with van der Waals surface area (Å²) in [6, 6.07) is 7.12. The summed E-state index contributed by atoms with van der Waals surface area (Å²) in [6.45, 7) is 4.91. The van der Waals surface area contributed by atoms with Gasteiger partial charge in [0.25, 0.3) is 0 Å². The normalized spacial score (nSPS) is 17.8. The van der Waals surface area contributed by atoms with Crippen molar-refractivity contribution in [2.75, 3.05) is 17.6 Å². The van der Waals surface area contributed by atoms with Crippen LogP contribution in [0.2, 0.25) is 0 Å². The van der Waals surface area contributed by atoms with E-state index in [2.05, 4.69) is 12.2 Å². The molecule has 1 N–H and O–H groups in total. The van der Waals surface area contributed by atoms with Crippen LogP contribution in [0, 0.1) is 5.41 Å². The van der Waals surface area contributed by atoms with Gasteiger partial charge < -0.3 is 5.32 Å². The van der Waals surface area contributed by atoms with Gasteiger partial charge in [-0.1, -0.05) is 20.3 Å². The first kappa shape index (κ1) is 14.4. The van der Waals surface area contributed by atoms with Crippen LogP contribution < -0.4 is 5.32 Å². The number of anilines is 1. The van der Waals surface area contributed by atoms with Gasteiger partial charge in [0, 0.05) is 12.2 Å². The molecule has 0 aliphatic heterocycles. The van der Waals surface area contributed by atoms with Gasteiger partial charge in [-0.15, -0.1) is 0 Å². The van der Waals surface area contributed by atoms with Crippen molar-refractivity contribution in [1.29, 1.82) is 0 Å². The third-order valence-corrected chi connectivity index (χ3v) is 6.18. The summed E-state index contributed by atoms with van der Waals surface area (Å²) in [7, 11) is -3.08. The third-order valence-electron chi connectivity index (χ3n) is 4.43. The molecule has 3 nitrogen and oxygen atoms in total. The standard InChI is InChI=1S/C15H23NO2S/c1-3-15(10-5-11-15)12-16-13-6-8-14(9-7-13)19(17,18)4-2/h6-9,16H,3-5,10-12H2,1-2H3. The molecular formula is C15H23NO2S. The highest BCUT2D eigenvalue weighted by molar-refractivity contribution is 7.91. The second-order valence-electron chi connectivity index (χ2n) is 5.49. The molecule has 0 heterocycles. The molecular weight excluding hydrogens is 258 g/mol. The second-order valence-corrected chi connectivity index (χ2v) is 7.77. The monoisotopic (exact) mass is 281 g/mol. The zero-order valence-electron chi connectivity index (χ0n) is 11.8. The lowest BCUT2D eigenvalue weighted by Crippen LogP contribution is -2.35. The highest BCUT2D eigenvalue weighted by atomic mass is 32.2. The van der Waals surface area contributed by atoms with Crippen molar-refractivity contribution in [3.8, 4) is 0 Å². The third kappa shape index (κ3) is 3.11. The number of benzene rings is 1. The van der Waals surface area contributed by atoms with E-state index in [1.54, 1.807) is 19.1 Å². The Labute approximate surface area is 116 Å². The predicted octanol–water partition coefficient (Wildman–Crippen LogP) is 3.47. The van der Waals surface area contributed by atoms with Crippen molar-refractivity contribution in [3.63, 3.8) is 0 Å². The Morgan fingerprint density at radius 1 is 1.16 bits per heavy atom. The summed E-state index contributed by atoms with van der Waals surface area (Å²) in [5.41, 5.74) is 1.48. The number of sulfone groups is 1. The van der Waals surface area contributed by atoms with Crippen molar-refractivity contribution in [3.05, 3.63) is 24.3 Å². The topological polar surface area (TPSA) is 46.2 Å². The second kappa shape index (κ2) is 5.53. The summed E-state index contributed by atoms with van der Waals surface area (Å²) in [5.74, 6) is 0.152. The van der Waals surface area contributed by atoms with Crippen LogP contribution in [-0.2, 0) is 9.84 Å². The van der Waals surface area contributed by atoms with Crippen LogP contribution in [0.15, 0.2) is 29.2 Å². The van der Waals surface area contributed by atoms with E-state index in [-0.39, 0.29) is 5.75 Å². The first-order valence-corrected chi connectivity index (χ1v) is 8.73. The van der Waals surface area contributed by atoms with Crippen LogP contribution in [-0.4, -0.2) is 20.7 Å². The molecule has 0 unspecified atom stereocenters. The average molecular weight is 281 g/mol. The molecule has 0 atom stereocenters. The summed E-state index contributed by atoms with van der Waals surface area (Å²) < 4.78 is 23.4. The quantitative estimate of drug-likeness (QED) is 0.868. The molecule has 0 aromatic heterocycles. The number of hydrogen-bond acceptors (Lipinski definition) is 3. The van der Waals surface area contributed by atoms with Crippen LogP contribution in [0.1, 0.15) is 39.5 Å². The molecule has 0 bridgehead atoms. The van der Waals surface area contributed by atoms with Crippen LogP contribution in [0.5, 0.6) is 0 Å². The first-order valence-electron chi connectivity index (χ1n) is 7.08. The Morgan fingerprint density at radius 2 is 1.79 bits per heavy atom. The lowest BCUT2D eigenvalue weighted by Gasteiger charge is -2.41. The van der Waals surface area contributed by atoms with E-state index < -0.39 is 9.84 Å². The highest BCUT2D eigenvalue weighted by Crippen LogP contribution is 2.43. The summed E-state index contributed by atoms with van der Waals surface area (Å²) in [6.07, 6.45) is 5.16. The Hall–Kier alpha value is -1.03. The molecule has 1 aliphatic carbocycles. The molecule has 4 heteroatoms. The van der Waals surface area contributed by atoms with Gasteiger partial charge in [0.15, 0.2) is 9.84 Å². The fourth-order valence-electron chi connectivity index (χ4n) is 2.57. The average Bonchev–Trinajstić information content (AvgIpc) is 2.38. The SMILES string of the molecule is CCC1(CNc2ccc(S(=O)(=O)CC)cc2)CCC1. The molecule has 2 rings (SSSR count).